The van der Waals surface area contributed by atoms with Gasteiger partial charge in [0.05, 0.1) is 18.6 Å². The van der Waals surface area contributed by atoms with Crippen molar-refractivity contribution in [3.8, 4) is 0 Å². The average Bonchev–Trinajstić information content (AvgIpc) is 2.59. The molecule has 16 heavy (non-hydrogen) atoms. The van der Waals surface area contributed by atoms with Gasteiger partial charge in [-0.1, -0.05) is 11.6 Å². The van der Waals surface area contributed by atoms with Crippen molar-refractivity contribution in [2.24, 2.45) is 0 Å². The second kappa shape index (κ2) is 5.86. The molecule has 0 unspecified atom stereocenters. The lowest BCUT2D eigenvalue weighted by Crippen LogP contribution is -2.25. The van der Waals surface area contributed by atoms with Gasteiger partial charge in [-0.2, -0.15) is 0 Å². The number of carbonyl (C=O) groups excluding carboxylic acids is 2. The van der Waals surface area contributed by atoms with Crippen LogP contribution in [0.1, 0.15) is 21.7 Å². The Labute approximate surface area is 103 Å². The highest BCUT2D eigenvalue weighted by Gasteiger charge is 2.14. The van der Waals surface area contributed by atoms with Crippen LogP contribution in [0, 0.1) is 6.92 Å². The number of amides is 1. The second-order valence-corrected chi connectivity index (χ2v) is 4.40. The summed E-state index contributed by atoms with van der Waals surface area (Å²) in [7, 11) is 1.31. The minimum atomic E-state index is -0.353. The highest BCUT2D eigenvalue weighted by Crippen LogP contribution is 2.26. The van der Waals surface area contributed by atoms with Crippen molar-refractivity contribution in [3.63, 3.8) is 0 Å². The van der Waals surface area contributed by atoms with Crippen LogP contribution in [0.2, 0.25) is 5.02 Å². The van der Waals surface area contributed by atoms with Crippen LogP contribution in [-0.4, -0.2) is 25.5 Å². The molecule has 0 bridgehead atoms. The van der Waals surface area contributed by atoms with Crippen LogP contribution in [-0.2, 0) is 9.53 Å². The first-order valence-electron chi connectivity index (χ1n) is 4.65. The Morgan fingerprint density at radius 2 is 2.25 bits per heavy atom. The van der Waals surface area contributed by atoms with Crippen LogP contribution < -0.4 is 5.32 Å². The summed E-state index contributed by atoms with van der Waals surface area (Å²) < 4.78 is 4.45. The van der Waals surface area contributed by atoms with Gasteiger partial charge in [-0.25, -0.2) is 0 Å². The number of esters is 1. The molecule has 6 heteroatoms. The van der Waals surface area contributed by atoms with Gasteiger partial charge in [0.2, 0.25) is 0 Å². The molecule has 0 aliphatic heterocycles. The molecule has 0 fully saturated rings. The summed E-state index contributed by atoms with van der Waals surface area (Å²) in [5, 5.41) is 4.89. The van der Waals surface area contributed by atoms with Crippen LogP contribution in [0.15, 0.2) is 5.38 Å². The summed E-state index contributed by atoms with van der Waals surface area (Å²) in [6, 6.07) is 0. The number of hydrogen-bond donors (Lipinski definition) is 1. The molecule has 88 valence electrons. The standard InChI is InChI=1S/C10H12ClNO3S/c1-6-5-16-9(8(6)11)10(14)12-4-3-7(13)15-2/h5H,3-4H2,1-2H3,(H,12,14). The Kier molecular flexibility index (Phi) is 4.76. The van der Waals surface area contributed by atoms with Crippen molar-refractivity contribution in [1.82, 2.24) is 5.32 Å². The van der Waals surface area contributed by atoms with E-state index in [1.165, 1.54) is 18.4 Å². The number of hydrogen-bond acceptors (Lipinski definition) is 4. The number of methoxy groups -OCH3 is 1. The van der Waals surface area contributed by atoms with Crippen molar-refractivity contribution >= 4 is 34.8 Å². The third kappa shape index (κ3) is 3.21. The number of nitrogens with one attached hydrogen (secondary N) is 1. The first-order chi connectivity index (χ1) is 7.56. The van der Waals surface area contributed by atoms with Gasteiger partial charge in [-0.15, -0.1) is 11.3 Å². The van der Waals surface area contributed by atoms with Crippen LogP contribution in [0.3, 0.4) is 0 Å². The van der Waals surface area contributed by atoms with Gasteiger partial charge in [-0.05, 0) is 17.9 Å². The summed E-state index contributed by atoms with van der Waals surface area (Å²) >= 11 is 7.22. The van der Waals surface area contributed by atoms with Crippen molar-refractivity contribution in [3.05, 3.63) is 20.8 Å². The third-order valence-corrected chi connectivity index (χ3v) is 3.64. The van der Waals surface area contributed by atoms with E-state index in [0.717, 1.165) is 5.56 Å². The summed E-state index contributed by atoms with van der Waals surface area (Å²) in [5.41, 5.74) is 0.879. The maximum atomic E-state index is 11.6. The van der Waals surface area contributed by atoms with E-state index in [9.17, 15) is 9.59 Å². The van der Waals surface area contributed by atoms with E-state index < -0.39 is 0 Å². The van der Waals surface area contributed by atoms with E-state index in [4.69, 9.17) is 11.6 Å². The Hall–Kier alpha value is -1.07. The van der Waals surface area contributed by atoms with Gasteiger partial charge in [0.25, 0.3) is 5.91 Å². The van der Waals surface area contributed by atoms with E-state index in [1.54, 1.807) is 0 Å². The molecule has 1 heterocycles. The molecule has 1 aromatic rings. The fourth-order valence-corrected chi connectivity index (χ4v) is 2.24. The topological polar surface area (TPSA) is 55.4 Å². The van der Waals surface area contributed by atoms with Crippen LogP contribution in [0.4, 0.5) is 0 Å². The summed E-state index contributed by atoms with van der Waals surface area (Å²) in [4.78, 5) is 22.9. The minimum absolute atomic E-state index is 0.157. The van der Waals surface area contributed by atoms with Crippen LogP contribution >= 0.6 is 22.9 Å². The maximum Gasteiger partial charge on any atom is 0.307 e. The van der Waals surface area contributed by atoms with E-state index in [2.05, 4.69) is 10.1 Å². The molecule has 0 aliphatic rings. The maximum absolute atomic E-state index is 11.6. The van der Waals surface area contributed by atoms with Crippen molar-refractivity contribution in [2.45, 2.75) is 13.3 Å². The molecule has 0 saturated carbocycles. The van der Waals surface area contributed by atoms with E-state index in [-0.39, 0.29) is 24.8 Å². The Balaban J connectivity index is 2.47. The fraction of sp³-hybridized carbons (Fsp3) is 0.400. The molecule has 4 nitrogen and oxygen atoms in total. The largest absolute Gasteiger partial charge is 0.469 e. The molecule has 0 aromatic carbocycles. The molecule has 0 atom stereocenters. The zero-order valence-corrected chi connectivity index (χ0v) is 10.6. The van der Waals surface area contributed by atoms with Gasteiger partial charge >= 0.3 is 5.97 Å². The molecular formula is C10H12ClNO3S. The molecule has 0 spiro atoms. The van der Waals surface area contributed by atoms with Crippen molar-refractivity contribution < 1.29 is 14.3 Å². The monoisotopic (exact) mass is 261 g/mol. The van der Waals surface area contributed by atoms with Gasteiger partial charge in [0.1, 0.15) is 4.88 Å². The van der Waals surface area contributed by atoms with Crippen molar-refractivity contribution in [2.75, 3.05) is 13.7 Å². The van der Waals surface area contributed by atoms with Crippen LogP contribution in [0.25, 0.3) is 0 Å². The Morgan fingerprint density at radius 3 is 2.75 bits per heavy atom. The first-order valence-corrected chi connectivity index (χ1v) is 5.90. The normalized spacial score (nSPS) is 9.94. The summed E-state index contributed by atoms with van der Waals surface area (Å²) in [5.74, 6) is -0.610. The number of halogens is 1. The number of aryl methyl sites for hydroxylation is 1. The molecule has 1 amide bonds. The van der Waals surface area contributed by atoms with E-state index in [1.807, 2.05) is 12.3 Å². The molecule has 1 N–H and O–H groups in total. The highest BCUT2D eigenvalue weighted by molar-refractivity contribution is 7.13. The minimum Gasteiger partial charge on any atom is -0.469 e. The quantitative estimate of drug-likeness (QED) is 0.844. The van der Waals surface area contributed by atoms with E-state index >= 15 is 0 Å². The highest BCUT2D eigenvalue weighted by atomic mass is 35.5. The predicted molar refractivity (Wildman–Crippen MR) is 63.0 cm³/mol. The molecule has 0 aliphatic carbocycles. The summed E-state index contributed by atoms with van der Waals surface area (Å²) in [6.45, 7) is 2.09. The zero-order chi connectivity index (χ0) is 12.1. The lowest BCUT2D eigenvalue weighted by molar-refractivity contribution is -0.140. The molecule has 1 rings (SSSR count). The van der Waals surface area contributed by atoms with Crippen molar-refractivity contribution in [1.29, 1.82) is 0 Å². The number of thiophene rings is 1. The smallest absolute Gasteiger partial charge is 0.307 e. The zero-order valence-electron chi connectivity index (χ0n) is 9.00. The van der Waals surface area contributed by atoms with Gasteiger partial charge in [0, 0.05) is 6.54 Å². The lowest BCUT2D eigenvalue weighted by Gasteiger charge is -2.02. The molecule has 0 radical (unpaired) electrons. The molecular weight excluding hydrogens is 250 g/mol. The third-order valence-electron chi connectivity index (χ3n) is 1.95. The first kappa shape index (κ1) is 13.0. The molecule has 1 aromatic heterocycles. The Morgan fingerprint density at radius 1 is 1.56 bits per heavy atom. The number of carbonyl (C=O) groups is 2. The second-order valence-electron chi connectivity index (χ2n) is 3.14. The van der Waals surface area contributed by atoms with E-state index in [0.29, 0.717) is 9.90 Å². The Bertz CT molecular complexity index is 403. The van der Waals surface area contributed by atoms with Crippen LogP contribution in [0.5, 0.6) is 0 Å². The predicted octanol–water partition coefficient (Wildman–Crippen LogP) is 2.00. The SMILES string of the molecule is COC(=O)CCNC(=O)c1scc(C)c1Cl. The van der Waals surface area contributed by atoms with Gasteiger partial charge < -0.3 is 10.1 Å². The van der Waals surface area contributed by atoms with Gasteiger partial charge in [0.15, 0.2) is 0 Å². The molecule has 0 saturated heterocycles. The fourth-order valence-electron chi connectivity index (χ4n) is 1.04. The summed E-state index contributed by atoms with van der Waals surface area (Å²) in [6.07, 6.45) is 0.157. The number of rotatable bonds is 4. The number of ether oxygens (including phenoxy) is 1. The average molecular weight is 262 g/mol. The lowest BCUT2D eigenvalue weighted by atomic mass is 10.3. The van der Waals surface area contributed by atoms with Gasteiger partial charge in [-0.3, -0.25) is 9.59 Å².